The van der Waals surface area contributed by atoms with E-state index in [1.165, 1.54) is 16.8 Å². The van der Waals surface area contributed by atoms with Crippen molar-refractivity contribution in [3.8, 4) is 0 Å². The number of nitrogens with one attached hydrogen (secondary N) is 1. The molecule has 0 spiro atoms. The molecule has 3 heterocycles. The lowest BCUT2D eigenvalue weighted by molar-refractivity contribution is -0.126. The first kappa shape index (κ1) is 17.7. The normalized spacial score (nSPS) is 26.0. The van der Waals surface area contributed by atoms with E-state index in [0.717, 1.165) is 38.2 Å². The van der Waals surface area contributed by atoms with Gasteiger partial charge in [-0.2, -0.15) is 0 Å². The van der Waals surface area contributed by atoms with Gasteiger partial charge in [0.1, 0.15) is 6.10 Å². The number of nitrogens with zero attached hydrogens (tertiary/aromatic N) is 1. The molecule has 3 unspecified atom stereocenters. The minimum atomic E-state index is -0.352. The van der Waals surface area contributed by atoms with Gasteiger partial charge in [-0.25, -0.2) is 0 Å². The van der Waals surface area contributed by atoms with Crippen molar-refractivity contribution in [2.45, 2.75) is 25.5 Å². The molecule has 0 radical (unpaired) electrons. The van der Waals surface area contributed by atoms with E-state index in [1.807, 2.05) is 12.1 Å². The molecule has 0 aromatic heterocycles. The zero-order chi connectivity index (χ0) is 18.9. The lowest BCUT2D eigenvalue weighted by Crippen LogP contribution is -2.37. The van der Waals surface area contributed by atoms with E-state index in [0.29, 0.717) is 19.1 Å². The molecule has 3 atom stereocenters. The molecule has 0 bridgehead atoms. The molecule has 2 fully saturated rings. The molecular weight excluding hydrogens is 352 g/mol. The van der Waals surface area contributed by atoms with E-state index < -0.39 is 0 Å². The predicted octanol–water partition coefficient (Wildman–Crippen LogP) is 3.24. The highest BCUT2D eigenvalue weighted by molar-refractivity contribution is 5.94. The van der Waals surface area contributed by atoms with Crippen molar-refractivity contribution in [2.75, 3.05) is 36.6 Å². The van der Waals surface area contributed by atoms with Crippen LogP contribution in [0.4, 0.5) is 11.4 Å². The summed E-state index contributed by atoms with van der Waals surface area (Å²) in [5, 5.41) is 3.04. The van der Waals surface area contributed by atoms with Crippen LogP contribution in [0.25, 0.3) is 0 Å². The molecule has 5 nitrogen and oxygen atoms in total. The van der Waals surface area contributed by atoms with Gasteiger partial charge in [-0.05, 0) is 42.2 Å². The Balaban J connectivity index is 1.21. The molecule has 146 valence electrons. The second kappa shape index (κ2) is 7.57. The maximum Gasteiger partial charge on any atom is 0.253 e. The van der Waals surface area contributed by atoms with Crippen molar-refractivity contribution in [1.82, 2.24) is 0 Å². The number of rotatable bonds is 4. The quantitative estimate of drug-likeness (QED) is 0.887. The molecule has 3 aliphatic heterocycles. The minimum absolute atomic E-state index is 0.0318. The van der Waals surface area contributed by atoms with E-state index >= 15 is 0 Å². The largest absolute Gasteiger partial charge is 0.381 e. The minimum Gasteiger partial charge on any atom is -0.381 e. The highest BCUT2D eigenvalue weighted by Gasteiger charge is 2.42. The van der Waals surface area contributed by atoms with E-state index in [9.17, 15) is 4.79 Å². The summed E-state index contributed by atoms with van der Waals surface area (Å²) in [4.78, 5) is 15.1. The number of benzene rings is 2. The molecule has 2 saturated heterocycles. The van der Waals surface area contributed by atoms with Crippen LogP contribution in [-0.4, -0.2) is 38.4 Å². The molecule has 2 aromatic carbocycles. The SMILES string of the molecule is O=C(Nc1ccc(CN2CCc3ccccc32)cc1)C1OCC2COCCC21. The highest BCUT2D eigenvalue weighted by Crippen LogP contribution is 2.34. The molecule has 2 aromatic rings. The van der Waals surface area contributed by atoms with Gasteiger partial charge in [0, 0.05) is 42.9 Å². The van der Waals surface area contributed by atoms with Crippen molar-refractivity contribution in [3.05, 3.63) is 59.7 Å². The molecule has 3 aliphatic rings. The van der Waals surface area contributed by atoms with Gasteiger partial charge in [0.05, 0.1) is 13.2 Å². The van der Waals surface area contributed by atoms with Gasteiger partial charge in [0.25, 0.3) is 5.91 Å². The molecule has 0 saturated carbocycles. The number of anilines is 2. The standard InChI is InChI=1S/C23H26N2O3/c26-23(22-20-10-12-27-14-18(20)15-28-22)24-19-7-5-16(6-8-19)13-25-11-9-17-3-1-2-4-21(17)25/h1-8,18,20,22H,9-15H2,(H,24,26). The number of carbonyl (C=O) groups is 1. The summed E-state index contributed by atoms with van der Waals surface area (Å²) in [6.07, 6.45) is 1.66. The number of fused-ring (bicyclic) bond motifs is 2. The van der Waals surface area contributed by atoms with Crippen LogP contribution in [0.15, 0.2) is 48.5 Å². The zero-order valence-corrected chi connectivity index (χ0v) is 16.0. The smallest absolute Gasteiger partial charge is 0.253 e. The molecule has 5 rings (SSSR count). The van der Waals surface area contributed by atoms with Crippen molar-refractivity contribution in [3.63, 3.8) is 0 Å². The van der Waals surface area contributed by atoms with Gasteiger partial charge in [-0.15, -0.1) is 0 Å². The van der Waals surface area contributed by atoms with Gasteiger partial charge in [0.2, 0.25) is 0 Å². The summed E-state index contributed by atoms with van der Waals surface area (Å²) in [6.45, 7) is 4.01. The Kier molecular flexibility index (Phi) is 4.79. The summed E-state index contributed by atoms with van der Waals surface area (Å²) in [5.74, 6) is 0.606. The van der Waals surface area contributed by atoms with E-state index in [2.05, 4.69) is 46.6 Å². The number of amides is 1. The Morgan fingerprint density at radius 1 is 1.11 bits per heavy atom. The Bertz CT molecular complexity index is 851. The summed E-state index contributed by atoms with van der Waals surface area (Å²) in [5.41, 5.74) is 4.84. The van der Waals surface area contributed by atoms with Crippen LogP contribution < -0.4 is 10.2 Å². The van der Waals surface area contributed by atoms with Crippen LogP contribution in [0.1, 0.15) is 17.5 Å². The Labute approximate surface area is 165 Å². The van der Waals surface area contributed by atoms with Crippen molar-refractivity contribution >= 4 is 17.3 Å². The lowest BCUT2D eigenvalue weighted by atomic mass is 9.86. The molecule has 5 heteroatoms. The summed E-state index contributed by atoms with van der Waals surface area (Å²) >= 11 is 0. The van der Waals surface area contributed by atoms with Gasteiger partial charge in [0.15, 0.2) is 0 Å². The maximum absolute atomic E-state index is 12.7. The topological polar surface area (TPSA) is 50.8 Å². The van der Waals surface area contributed by atoms with Crippen LogP contribution in [0.2, 0.25) is 0 Å². The molecule has 1 N–H and O–H groups in total. The fourth-order valence-corrected chi connectivity index (χ4v) is 4.70. The van der Waals surface area contributed by atoms with Crippen LogP contribution in [0.5, 0.6) is 0 Å². The molecule has 0 aliphatic carbocycles. The highest BCUT2D eigenvalue weighted by atomic mass is 16.5. The Morgan fingerprint density at radius 3 is 2.86 bits per heavy atom. The van der Waals surface area contributed by atoms with E-state index in [1.54, 1.807) is 0 Å². The van der Waals surface area contributed by atoms with Crippen molar-refractivity contribution in [2.24, 2.45) is 11.8 Å². The number of hydrogen-bond acceptors (Lipinski definition) is 4. The average molecular weight is 378 g/mol. The molecular formula is C23H26N2O3. The van der Waals surface area contributed by atoms with Crippen LogP contribution in [0.3, 0.4) is 0 Å². The van der Waals surface area contributed by atoms with Gasteiger partial charge >= 0.3 is 0 Å². The van der Waals surface area contributed by atoms with Crippen LogP contribution in [-0.2, 0) is 27.2 Å². The zero-order valence-electron chi connectivity index (χ0n) is 16.0. The van der Waals surface area contributed by atoms with E-state index in [-0.39, 0.29) is 17.9 Å². The third kappa shape index (κ3) is 3.40. The number of carbonyl (C=O) groups excluding carboxylic acids is 1. The van der Waals surface area contributed by atoms with Gasteiger partial charge in [-0.1, -0.05) is 30.3 Å². The lowest BCUT2D eigenvalue weighted by Gasteiger charge is -2.26. The summed E-state index contributed by atoms with van der Waals surface area (Å²) < 4.78 is 11.3. The van der Waals surface area contributed by atoms with Gasteiger partial charge in [-0.3, -0.25) is 4.79 Å². The third-order valence-electron chi connectivity index (χ3n) is 6.25. The monoisotopic (exact) mass is 378 g/mol. The van der Waals surface area contributed by atoms with Crippen LogP contribution >= 0.6 is 0 Å². The summed E-state index contributed by atoms with van der Waals surface area (Å²) in [6, 6.07) is 16.8. The second-order valence-corrected chi connectivity index (χ2v) is 8.03. The van der Waals surface area contributed by atoms with Crippen LogP contribution in [0, 0.1) is 11.8 Å². The Morgan fingerprint density at radius 2 is 1.96 bits per heavy atom. The van der Waals surface area contributed by atoms with E-state index in [4.69, 9.17) is 9.47 Å². The first-order valence-electron chi connectivity index (χ1n) is 10.2. The number of para-hydroxylation sites is 1. The van der Waals surface area contributed by atoms with Crippen molar-refractivity contribution in [1.29, 1.82) is 0 Å². The molecule has 28 heavy (non-hydrogen) atoms. The fourth-order valence-electron chi connectivity index (χ4n) is 4.70. The number of ether oxygens (including phenoxy) is 2. The molecule has 1 amide bonds. The Hall–Kier alpha value is -2.37. The fraction of sp³-hybridized carbons (Fsp3) is 0.435. The first-order chi connectivity index (χ1) is 13.8. The predicted molar refractivity (Wildman–Crippen MR) is 108 cm³/mol. The maximum atomic E-state index is 12.7. The summed E-state index contributed by atoms with van der Waals surface area (Å²) in [7, 11) is 0. The average Bonchev–Trinajstić information content (AvgIpc) is 3.34. The van der Waals surface area contributed by atoms with Gasteiger partial charge < -0.3 is 19.7 Å². The first-order valence-corrected chi connectivity index (χ1v) is 10.2. The number of hydrogen-bond donors (Lipinski definition) is 1. The van der Waals surface area contributed by atoms with Crippen molar-refractivity contribution < 1.29 is 14.3 Å². The second-order valence-electron chi connectivity index (χ2n) is 8.03. The third-order valence-corrected chi connectivity index (χ3v) is 6.25.